The Morgan fingerprint density at radius 2 is 1.91 bits per heavy atom. The Hall–Kier alpha value is -3.28. The van der Waals surface area contributed by atoms with Crippen molar-refractivity contribution in [2.24, 2.45) is 24.8 Å². The van der Waals surface area contributed by atoms with Crippen molar-refractivity contribution in [2.45, 2.75) is 38.0 Å². The average molecular weight is 443 g/mol. The van der Waals surface area contributed by atoms with Crippen LogP contribution in [-0.4, -0.2) is 20.7 Å². The van der Waals surface area contributed by atoms with Crippen LogP contribution >= 0.6 is 0 Å². The Bertz CT molecular complexity index is 1350. The second-order valence-corrected chi connectivity index (χ2v) is 9.88. The lowest BCUT2D eigenvalue weighted by atomic mass is 9.89. The third-order valence-electron chi connectivity index (χ3n) is 7.79. The monoisotopic (exact) mass is 442 g/mol. The molecule has 2 aromatic carbocycles. The highest BCUT2D eigenvalue weighted by Crippen LogP contribution is 2.53. The van der Waals surface area contributed by atoms with Gasteiger partial charge in [0.15, 0.2) is 0 Å². The maximum atomic E-state index is 13.9. The summed E-state index contributed by atoms with van der Waals surface area (Å²) >= 11 is 0. The summed E-state index contributed by atoms with van der Waals surface area (Å²) in [5.74, 6) is 2.08. The number of anilines is 1. The minimum Gasteiger partial charge on any atom is -0.326 e. The maximum absolute atomic E-state index is 13.9. The molecule has 0 aliphatic heterocycles. The summed E-state index contributed by atoms with van der Waals surface area (Å²) < 4.78 is 15.7. The first-order valence-corrected chi connectivity index (χ1v) is 11.8. The van der Waals surface area contributed by atoms with E-state index in [1.807, 2.05) is 42.3 Å². The topological polar surface area (TPSA) is 59.8 Å². The number of fused-ring (bicyclic) bond motifs is 3. The normalized spacial score (nSPS) is 24.4. The third kappa shape index (κ3) is 3.77. The van der Waals surface area contributed by atoms with Gasteiger partial charge in [0.1, 0.15) is 5.82 Å². The van der Waals surface area contributed by atoms with Gasteiger partial charge in [-0.1, -0.05) is 0 Å². The Morgan fingerprint density at radius 1 is 1.09 bits per heavy atom. The lowest BCUT2D eigenvalue weighted by molar-refractivity contribution is -0.117. The zero-order valence-corrected chi connectivity index (χ0v) is 18.7. The number of aryl methyl sites for hydroxylation is 1. The zero-order valence-electron chi connectivity index (χ0n) is 18.7. The maximum Gasteiger partial charge on any atom is 0.224 e. The predicted molar refractivity (Wildman–Crippen MR) is 127 cm³/mol. The summed E-state index contributed by atoms with van der Waals surface area (Å²) in [5, 5.41) is 9.32. The quantitative estimate of drug-likeness (QED) is 0.434. The van der Waals surface area contributed by atoms with E-state index in [9.17, 15) is 9.18 Å². The molecule has 6 rings (SSSR count). The fraction of sp³-hybridized carbons (Fsp3) is 0.370. The minimum atomic E-state index is -0.205. The Labute approximate surface area is 192 Å². The first-order chi connectivity index (χ1) is 16.0. The van der Waals surface area contributed by atoms with Gasteiger partial charge in [0, 0.05) is 36.1 Å². The molecule has 2 aromatic heterocycles. The first kappa shape index (κ1) is 20.3. The van der Waals surface area contributed by atoms with Crippen LogP contribution in [-0.2, 0) is 11.8 Å². The van der Waals surface area contributed by atoms with Gasteiger partial charge >= 0.3 is 0 Å². The highest BCUT2D eigenvalue weighted by molar-refractivity contribution is 5.93. The van der Waals surface area contributed by atoms with Crippen molar-refractivity contribution in [3.63, 3.8) is 0 Å². The molecule has 1 N–H and O–H groups in total. The van der Waals surface area contributed by atoms with Crippen LogP contribution in [0.25, 0.3) is 21.8 Å². The van der Waals surface area contributed by atoms with Crippen LogP contribution in [0.4, 0.5) is 10.1 Å². The Morgan fingerprint density at radius 3 is 2.73 bits per heavy atom. The van der Waals surface area contributed by atoms with Crippen LogP contribution in [0.15, 0.2) is 54.9 Å². The van der Waals surface area contributed by atoms with E-state index < -0.39 is 0 Å². The number of nitrogens with zero attached hydrogens (tertiary/aromatic N) is 3. The van der Waals surface area contributed by atoms with E-state index in [1.165, 1.54) is 11.6 Å². The molecule has 4 atom stereocenters. The third-order valence-corrected chi connectivity index (χ3v) is 7.79. The van der Waals surface area contributed by atoms with E-state index in [0.29, 0.717) is 30.1 Å². The number of carbonyl (C=O) groups excluding carboxylic acids is 1. The molecular weight excluding hydrogens is 415 g/mol. The lowest BCUT2D eigenvalue weighted by Gasteiger charge is -2.17. The number of carbonyl (C=O) groups is 1. The number of rotatable bonds is 4. The largest absolute Gasteiger partial charge is 0.326 e. The predicted octanol–water partition coefficient (Wildman–Crippen LogP) is 5.81. The van der Waals surface area contributed by atoms with Gasteiger partial charge < -0.3 is 5.32 Å². The van der Waals surface area contributed by atoms with Crippen LogP contribution in [0.5, 0.6) is 0 Å². The fourth-order valence-corrected chi connectivity index (χ4v) is 6.37. The number of hydrogen-bond donors (Lipinski definition) is 1. The van der Waals surface area contributed by atoms with Crippen LogP contribution in [0.2, 0.25) is 0 Å². The van der Waals surface area contributed by atoms with E-state index >= 15 is 0 Å². The molecule has 2 aliphatic rings. The fourth-order valence-electron chi connectivity index (χ4n) is 6.37. The highest BCUT2D eigenvalue weighted by atomic mass is 19.1. The molecule has 2 heterocycles. The van der Waals surface area contributed by atoms with Crippen molar-refractivity contribution < 1.29 is 9.18 Å². The van der Waals surface area contributed by atoms with Gasteiger partial charge in [-0.2, -0.15) is 5.10 Å². The van der Waals surface area contributed by atoms with E-state index in [0.717, 1.165) is 53.2 Å². The molecule has 0 bridgehead atoms. The Balaban J connectivity index is 1.09. The van der Waals surface area contributed by atoms with Crippen LogP contribution in [0.1, 0.15) is 43.6 Å². The van der Waals surface area contributed by atoms with Crippen molar-refractivity contribution >= 4 is 33.4 Å². The molecule has 5 nitrogen and oxygen atoms in total. The molecule has 0 radical (unpaired) electrons. The van der Waals surface area contributed by atoms with E-state index in [1.54, 1.807) is 12.1 Å². The summed E-state index contributed by atoms with van der Waals surface area (Å²) in [4.78, 5) is 17.1. The smallest absolute Gasteiger partial charge is 0.224 e. The van der Waals surface area contributed by atoms with Crippen LogP contribution in [0, 0.1) is 23.6 Å². The highest BCUT2D eigenvalue weighted by Gasteiger charge is 2.42. The van der Waals surface area contributed by atoms with Gasteiger partial charge in [0.25, 0.3) is 0 Å². The van der Waals surface area contributed by atoms with Gasteiger partial charge in [-0.3, -0.25) is 14.5 Å². The summed E-state index contributed by atoms with van der Waals surface area (Å²) in [5.41, 5.74) is 3.98. The number of pyridine rings is 1. The summed E-state index contributed by atoms with van der Waals surface area (Å²) in [6.45, 7) is 0. The number of hydrogen-bond acceptors (Lipinski definition) is 3. The second-order valence-electron chi connectivity index (χ2n) is 9.88. The van der Waals surface area contributed by atoms with Crippen LogP contribution < -0.4 is 5.32 Å². The van der Waals surface area contributed by atoms with Gasteiger partial charge in [0.05, 0.1) is 17.2 Å². The summed E-state index contributed by atoms with van der Waals surface area (Å²) in [6.07, 6.45) is 8.69. The van der Waals surface area contributed by atoms with Crippen molar-refractivity contribution in [2.75, 3.05) is 5.32 Å². The van der Waals surface area contributed by atoms with Crippen molar-refractivity contribution in [1.82, 2.24) is 14.8 Å². The molecule has 0 spiro atoms. The number of aromatic nitrogens is 3. The van der Waals surface area contributed by atoms with Crippen molar-refractivity contribution in [3.05, 3.63) is 66.2 Å². The second kappa shape index (κ2) is 7.94. The summed E-state index contributed by atoms with van der Waals surface area (Å²) in [6, 6.07) is 12.9. The standard InChI is InChI=1S/C27H27FN4O/c1-32-26-5-3-22(13-20(26)15-30-32)31-27(33)10-16-8-17-11-19(12-18(17)9-16)23-6-7-29-25-4-2-21(28)14-24(23)25/h2-7,13-19H,8-12H2,1H3,(H,31,33)/t16-,17-,18+,19?. The molecule has 2 aliphatic carbocycles. The van der Waals surface area contributed by atoms with Gasteiger partial charge in [-0.05, 0) is 97.4 Å². The van der Waals surface area contributed by atoms with Gasteiger partial charge in [-0.25, -0.2) is 4.39 Å². The van der Waals surface area contributed by atoms with Crippen molar-refractivity contribution in [1.29, 1.82) is 0 Å². The molecule has 6 heteroatoms. The van der Waals surface area contributed by atoms with Gasteiger partial charge in [0.2, 0.25) is 5.91 Å². The molecule has 4 aromatic rings. The molecule has 2 fully saturated rings. The SMILES string of the molecule is Cn1ncc2cc(NC(=O)C[C@H]3C[C@H]4CC(c5ccnc6ccc(F)cc56)C[C@H]4C3)ccc21. The molecule has 33 heavy (non-hydrogen) atoms. The van der Waals surface area contributed by atoms with Crippen molar-refractivity contribution in [3.8, 4) is 0 Å². The Kier molecular flexibility index (Phi) is 4.89. The van der Waals surface area contributed by atoms with Crippen LogP contribution in [0.3, 0.4) is 0 Å². The summed E-state index contributed by atoms with van der Waals surface area (Å²) in [7, 11) is 1.91. The van der Waals surface area contributed by atoms with E-state index in [4.69, 9.17) is 0 Å². The molecule has 0 saturated heterocycles. The first-order valence-electron chi connectivity index (χ1n) is 11.8. The van der Waals surface area contributed by atoms with E-state index in [-0.39, 0.29) is 11.7 Å². The molecular formula is C27H27FN4O. The number of nitrogens with one attached hydrogen (secondary N) is 1. The lowest BCUT2D eigenvalue weighted by Crippen LogP contribution is -2.15. The molecule has 168 valence electrons. The number of halogens is 1. The van der Waals surface area contributed by atoms with E-state index in [2.05, 4.69) is 21.5 Å². The number of amides is 1. The zero-order chi connectivity index (χ0) is 22.5. The molecule has 1 amide bonds. The average Bonchev–Trinajstić information content (AvgIpc) is 3.46. The molecule has 2 saturated carbocycles. The minimum absolute atomic E-state index is 0.0929. The molecule has 1 unspecified atom stereocenters. The number of benzene rings is 2. The van der Waals surface area contributed by atoms with Gasteiger partial charge in [-0.15, -0.1) is 0 Å².